The van der Waals surface area contributed by atoms with Crippen molar-refractivity contribution in [2.45, 2.75) is 6.54 Å². The van der Waals surface area contributed by atoms with Gasteiger partial charge < -0.3 is 15.0 Å². The SMILES string of the molecule is COc1ccccc1NCC(=O)N(C)CCn1cccn1. The van der Waals surface area contributed by atoms with E-state index in [0.717, 1.165) is 11.4 Å². The van der Waals surface area contributed by atoms with Crippen LogP contribution in [0.4, 0.5) is 5.69 Å². The number of ether oxygens (including phenoxy) is 1. The van der Waals surface area contributed by atoms with Crippen molar-refractivity contribution in [2.24, 2.45) is 0 Å². The highest BCUT2D eigenvalue weighted by atomic mass is 16.5. The number of rotatable bonds is 7. The quantitative estimate of drug-likeness (QED) is 0.838. The van der Waals surface area contributed by atoms with Crippen LogP contribution < -0.4 is 10.1 Å². The fourth-order valence-corrected chi connectivity index (χ4v) is 1.91. The van der Waals surface area contributed by atoms with E-state index < -0.39 is 0 Å². The molecule has 0 aliphatic heterocycles. The highest BCUT2D eigenvalue weighted by Crippen LogP contribution is 2.22. The van der Waals surface area contributed by atoms with Crippen molar-refractivity contribution in [3.05, 3.63) is 42.7 Å². The van der Waals surface area contributed by atoms with Crippen LogP contribution in [0.2, 0.25) is 0 Å². The van der Waals surface area contributed by atoms with Crippen LogP contribution in [-0.4, -0.2) is 47.8 Å². The van der Waals surface area contributed by atoms with Crippen LogP contribution >= 0.6 is 0 Å². The molecule has 1 N–H and O–H groups in total. The van der Waals surface area contributed by atoms with Gasteiger partial charge in [-0.1, -0.05) is 12.1 Å². The van der Waals surface area contributed by atoms with Gasteiger partial charge in [0.1, 0.15) is 5.75 Å². The molecule has 2 rings (SSSR count). The minimum Gasteiger partial charge on any atom is -0.495 e. The summed E-state index contributed by atoms with van der Waals surface area (Å²) in [7, 11) is 3.40. The monoisotopic (exact) mass is 288 g/mol. The van der Waals surface area contributed by atoms with E-state index in [1.807, 2.05) is 36.5 Å². The fraction of sp³-hybridized carbons (Fsp3) is 0.333. The number of nitrogens with one attached hydrogen (secondary N) is 1. The van der Waals surface area contributed by atoms with Crippen LogP contribution in [0.15, 0.2) is 42.7 Å². The second kappa shape index (κ2) is 7.33. The molecule has 2 aromatic rings. The maximum atomic E-state index is 12.1. The minimum atomic E-state index is 0.0214. The topological polar surface area (TPSA) is 59.4 Å². The van der Waals surface area contributed by atoms with E-state index in [2.05, 4.69) is 10.4 Å². The maximum Gasteiger partial charge on any atom is 0.241 e. The lowest BCUT2D eigenvalue weighted by Crippen LogP contribution is -2.34. The van der Waals surface area contributed by atoms with Crippen LogP contribution in [0, 0.1) is 0 Å². The summed E-state index contributed by atoms with van der Waals surface area (Å²) < 4.78 is 7.04. The van der Waals surface area contributed by atoms with Gasteiger partial charge in [-0.3, -0.25) is 9.48 Å². The number of anilines is 1. The summed E-state index contributed by atoms with van der Waals surface area (Å²) in [5.41, 5.74) is 0.814. The first-order valence-corrected chi connectivity index (χ1v) is 6.79. The number of amides is 1. The number of carbonyl (C=O) groups excluding carboxylic acids is 1. The van der Waals surface area contributed by atoms with E-state index >= 15 is 0 Å². The second-order valence-corrected chi connectivity index (χ2v) is 4.64. The minimum absolute atomic E-state index is 0.0214. The first-order valence-electron chi connectivity index (χ1n) is 6.79. The summed E-state index contributed by atoms with van der Waals surface area (Å²) in [5, 5.41) is 7.21. The van der Waals surface area contributed by atoms with Crippen molar-refractivity contribution < 1.29 is 9.53 Å². The number of nitrogens with zero attached hydrogens (tertiary/aromatic N) is 3. The van der Waals surface area contributed by atoms with Gasteiger partial charge in [-0.2, -0.15) is 5.10 Å². The first kappa shape index (κ1) is 14.9. The number of para-hydroxylation sites is 2. The zero-order valence-corrected chi connectivity index (χ0v) is 12.3. The molecule has 6 heteroatoms. The van der Waals surface area contributed by atoms with E-state index in [0.29, 0.717) is 13.1 Å². The number of benzene rings is 1. The summed E-state index contributed by atoms with van der Waals surface area (Å²) in [6, 6.07) is 9.40. The highest BCUT2D eigenvalue weighted by Gasteiger charge is 2.09. The maximum absolute atomic E-state index is 12.1. The van der Waals surface area contributed by atoms with Gasteiger partial charge in [0.05, 0.1) is 25.9 Å². The molecule has 21 heavy (non-hydrogen) atoms. The Morgan fingerprint density at radius 3 is 2.90 bits per heavy atom. The van der Waals surface area contributed by atoms with Crippen LogP contribution in [0.1, 0.15) is 0 Å². The summed E-state index contributed by atoms with van der Waals surface area (Å²) in [6.07, 6.45) is 3.61. The Labute approximate surface area is 124 Å². The van der Waals surface area contributed by atoms with Crippen LogP contribution in [0.3, 0.4) is 0 Å². The van der Waals surface area contributed by atoms with Crippen LogP contribution in [0.5, 0.6) is 5.75 Å². The molecule has 0 atom stereocenters. The molecule has 1 aromatic carbocycles. The summed E-state index contributed by atoms with van der Waals surface area (Å²) in [6.45, 7) is 1.54. The average Bonchev–Trinajstić information content (AvgIpc) is 3.03. The van der Waals surface area contributed by atoms with Crippen molar-refractivity contribution in [1.29, 1.82) is 0 Å². The molecule has 0 bridgehead atoms. The smallest absolute Gasteiger partial charge is 0.241 e. The standard InChI is InChI=1S/C15H20N4O2/c1-18(10-11-19-9-5-8-17-19)15(20)12-16-13-6-3-4-7-14(13)21-2/h3-9,16H,10-12H2,1-2H3. The lowest BCUT2D eigenvalue weighted by molar-refractivity contribution is -0.128. The molecule has 1 aromatic heterocycles. The van der Waals surface area contributed by atoms with Gasteiger partial charge in [0, 0.05) is 26.0 Å². The Kier molecular flexibility index (Phi) is 5.20. The molecule has 0 aliphatic carbocycles. The number of carbonyl (C=O) groups is 1. The van der Waals surface area contributed by atoms with Gasteiger partial charge >= 0.3 is 0 Å². The lowest BCUT2D eigenvalue weighted by Gasteiger charge is -2.18. The van der Waals surface area contributed by atoms with Gasteiger partial charge in [-0.25, -0.2) is 0 Å². The van der Waals surface area contributed by atoms with E-state index in [1.54, 1.807) is 29.9 Å². The van der Waals surface area contributed by atoms with E-state index in [9.17, 15) is 4.79 Å². The van der Waals surface area contributed by atoms with Crippen molar-refractivity contribution in [2.75, 3.05) is 32.6 Å². The predicted octanol–water partition coefficient (Wildman–Crippen LogP) is 1.46. The zero-order chi connectivity index (χ0) is 15.1. The number of hydrogen-bond acceptors (Lipinski definition) is 4. The van der Waals surface area contributed by atoms with Crippen molar-refractivity contribution in [3.63, 3.8) is 0 Å². The molecule has 0 aliphatic rings. The number of likely N-dealkylation sites (N-methyl/N-ethyl adjacent to an activating group) is 1. The first-order chi connectivity index (χ1) is 10.2. The van der Waals surface area contributed by atoms with Crippen molar-refractivity contribution in [1.82, 2.24) is 14.7 Å². The van der Waals surface area contributed by atoms with Crippen LogP contribution in [0.25, 0.3) is 0 Å². The molecule has 1 heterocycles. The number of hydrogen-bond donors (Lipinski definition) is 1. The van der Waals surface area contributed by atoms with Gasteiger partial charge in [0.2, 0.25) is 5.91 Å². The number of methoxy groups -OCH3 is 1. The third-order valence-corrected chi connectivity index (χ3v) is 3.19. The van der Waals surface area contributed by atoms with Gasteiger partial charge in [0.25, 0.3) is 0 Å². The molecular weight excluding hydrogens is 268 g/mol. The largest absolute Gasteiger partial charge is 0.495 e. The molecule has 6 nitrogen and oxygen atoms in total. The van der Waals surface area contributed by atoms with Crippen molar-refractivity contribution in [3.8, 4) is 5.75 Å². The Hall–Kier alpha value is -2.50. The molecule has 0 spiro atoms. The normalized spacial score (nSPS) is 10.2. The average molecular weight is 288 g/mol. The fourth-order valence-electron chi connectivity index (χ4n) is 1.91. The van der Waals surface area contributed by atoms with E-state index in [1.165, 1.54) is 0 Å². The second-order valence-electron chi connectivity index (χ2n) is 4.64. The Morgan fingerprint density at radius 1 is 1.38 bits per heavy atom. The van der Waals surface area contributed by atoms with E-state index in [-0.39, 0.29) is 12.5 Å². The van der Waals surface area contributed by atoms with E-state index in [4.69, 9.17) is 4.74 Å². The van der Waals surface area contributed by atoms with Gasteiger partial charge in [-0.15, -0.1) is 0 Å². The molecular formula is C15H20N4O2. The highest BCUT2D eigenvalue weighted by molar-refractivity contribution is 5.81. The number of aromatic nitrogens is 2. The third-order valence-electron chi connectivity index (χ3n) is 3.19. The Bertz CT molecular complexity index is 569. The molecule has 0 saturated carbocycles. The molecule has 1 amide bonds. The van der Waals surface area contributed by atoms with Crippen molar-refractivity contribution >= 4 is 11.6 Å². The lowest BCUT2D eigenvalue weighted by atomic mass is 10.3. The molecule has 112 valence electrons. The zero-order valence-electron chi connectivity index (χ0n) is 12.3. The predicted molar refractivity (Wildman–Crippen MR) is 81.3 cm³/mol. The molecule has 0 fully saturated rings. The van der Waals surface area contributed by atoms with Crippen LogP contribution in [-0.2, 0) is 11.3 Å². The molecule has 0 radical (unpaired) electrons. The molecule has 0 saturated heterocycles. The van der Waals surface area contributed by atoms with Gasteiger partial charge in [0.15, 0.2) is 0 Å². The Balaban J connectivity index is 1.80. The van der Waals surface area contributed by atoms with Gasteiger partial charge in [-0.05, 0) is 18.2 Å². The summed E-state index contributed by atoms with van der Waals surface area (Å²) in [4.78, 5) is 13.8. The Morgan fingerprint density at radius 2 is 2.19 bits per heavy atom. The summed E-state index contributed by atoms with van der Waals surface area (Å²) >= 11 is 0. The summed E-state index contributed by atoms with van der Waals surface area (Å²) in [5.74, 6) is 0.748. The molecule has 0 unspecified atom stereocenters. The third kappa shape index (κ3) is 4.24.